The maximum atomic E-state index is 13.3. The second-order valence-electron chi connectivity index (χ2n) is 9.32. The molecular weight excluding hydrogens is 426 g/mol. The van der Waals surface area contributed by atoms with E-state index < -0.39 is 9.73 Å². The van der Waals surface area contributed by atoms with Gasteiger partial charge in [0.2, 0.25) is 0 Å². The number of nitrogens with one attached hydrogen (secondary N) is 2. The molecule has 8 nitrogen and oxygen atoms in total. The van der Waals surface area contributed by atoms with Crippen LogP contribution < -0.4 is 10.2 Å². The fraction of sp³-hybridized carbons (Fsp3) is 0.522. The summed E-state index contributed by atoms with van der Waals surface area (Å²) in [5, 5.41) is 2.60. The van der Waals surface area contributed by atoms with Crippen molar-refractivity contribution < 1.29 is 13.7 Å². The lowest BCUT2D eigenvalue weighted by atomic mass is 9.93. The van der Waals surface area contributed by atoms with Crippen molar-refractivity contribution >= 4 is 27.1 Å². The first-order valence-corrected chi connectivity index (χ1v) is 12.8. The van der Waals surface area contributed by atoms with Crippen molar-refractivity contribution in [2.45, 2.75) is 49.7 Å². The predicted molar refractivity (Wildman–Crippen MR) is 123 cm³/mol. The molecule has 1 aromatic carbocycles. The molecule has 1 atom stereocenters. The Morgan fingerprint density at radius 2 is 1.88 bits per heavy atom. The molecular formula is C23H29N5O3S. The largest absolute Gasteiger partial charge is 0.379 e. The SMILES string of the molecule is Cc1cc(NC(=O)c2ccc(S(=N)(=O)C3COC3)cc2N2CCC3(CC2)CC3)nc(C)n1. The van der Waals surface area contributed by atoms with Crippen molar-refractivity contribution in [3.05, 3.63) is 41.3 Å². The van der Waals surface area contributed by atoms with Gasteiger partial charge in [-0.15, -0.1) is 0 Å². The maximum Gasteiger partial charge on any atom is 0.258 e. The summed E-state index contributed by atoms with van der Waals surface area (Å²) in [7, 11) is -2.99. The van der Waals surface area contributed by atoms with Crippen molar-refractivity contribution in [1.82, 2.24) is 9.97 Å². The quantitative estimate of drug-likeness (QED) is 0.714. The lowest BCUT2D eigenvalue weighted by Crippen LogP contribution is -2.40. The molecule has 1 unspecified atom stereocenters. The van der Waals surface area contributed by atoms with Gasteiger partial charge >= 0.3 is 0 Å². The Balaban J connectivity index is 1.48. The molecule has 3 heterocycles. The van der Waals surface area contributed by atoms with Crippen LogP contribution in [0.4, 0.5) is 11.5 Å². The third-order valence-corrected chi connectivity index (χ3v) is 9.14. The summed E-state index contributed by atoms with van der Waals surface area (Å²) in [5.74, 6) is 0.791. The summed E-state index contributed by atoms with van der Waals surface area (Å²) in [5.41, 5.74) is 2.54. The monoisotopic (exact) mass is 455 g/mol. The molecule has 32 heavy (non-hydrogen) atoms. The minimum atomic E-state index is -2.99. The molecule has 1 saturated carbocycles. The van der Waals surface area contributed by atoms with E-state index in [1.54, 1.807) is 31.2 Å². The minimum Gasteiger partial charge on any atom is -0.379 e. The van der Waals surface area contributed by atoms with Gasteiger partial charge in [-0.25, -0.2) is 19.0 Å². The predicted octanol–water partition coefficient (Wildman–Crippen LogP) is 3.53. The molecule has 0 bridgehead atoms. The molecule has 3 aliphatic rings. The number of amides is 1. The number of aromatic nitrogens is 2. The van der Waals surface area contributed by atoms with Crippen LogP contribution in [0.15, 0.2) is 29.2 Å². The summed E-state index contributed by atoms with van der Waals surface area (Å²) in [6.07, 6.45) is 4.80. The smallest absolute Gasteiger partial charge is 0.258 e. The van der Waals surface area contributed by atoms with E-state index in [0.29, 0.717) is 40.7 Å². The maximum absolute atomic E-state index is 13.3. The molecule has 2 aliphatic heterocycles. The molecule has 0 radical (unpaired) electrons. The lowest BCUT2D eigenvalue weighted by molar-refractivity contribution is 0.0427. The molecule has 170 valence electrons. The molecule has 5 rings (SSSR count). The highest BCUT2D eigenvalue weighted by Crippen LogP contribution is 2.54. The Kier molecular flexibility index (Phi) is 5.21. The Hall–Kier alpha value is -2.52. The Morgan fingerprint density at radius 3 is 2.47 bits per heavy atom. The van der Waals surface area contributed by atoms with Crippen LogP contribution in [0.3, 0.4) is 0 Å². The first-order chi connectivity index (χ1) is 15.3. The van der Waals surface area contributed by atoms with E-state index in [-0.39, 0.29) is 11.2 Å². The zero-order valence-corrected chi connectivity index (χ0v) is 19.3. The zero-order chi connectivity index (χ0) is 22.5. The molecule has 1 spiro atoms. The van der Waals surface area contributed by atoms with Gasteiger partial charge in [0.1, 0.15) is 11.6 Å². The van der Waals surface area contributed by atoms with Gasteiger partial charge in [0.05, 0.1) is 39.4 Å². The van der Waals surface area contributed by atoms with Crippen LogP contribution in [0, 0.1) is 24.0 Å². The van der Waals surface area contributed by atoms with E-state index in [2.05, 4.69) is 20.2 Å². The van der Waals surface area contributed by atoms with Gasteiger partial charge in [0.15, 0.2) is 0 Å². The van der Waals surface area contributed by atoms with E-state index >= 15 is 0 Å². The third kappa shape index (κ3) is 3.99. The van der Waals surface area contributed by atoms with Gasteiger partial charge in [-0.3, -0.25) is 4.79 Å². The van der Waals surface area contributed by atoms with Gasteiger partial charge < -0.3 is 15.0 Å². The molecule has 2 saturated heterocycles. The molecule has 2 aromatic rings. The Bertz CT molecular complexity index is 1140. The van der Waals surface area contributed by atoms with Crippen molar-refractivity contribution in [3.8, 4) is 0 Å². The highest BCUT2D eigenvalue weighted by atomic mass is 32.2. The Morgan fingerprint density at radius 1 is 1.16 bits per heavy atom. The van der Waals surface area contributed by atoms with Gasteiger partial charge in [-0.2, -0.15) is 0 Å². The van der Waals surface area contributed by atoms with Gasteiger partial charge in [0.25, 0.3) is 5.91 Å². The second-order valence-corrected chi connectivity index (χ2v) is 11.7. The zero-order valence-electron chi connectivity index (χ0n) is 18.5. The Labute approximate surface area is 188 Å². The number of rotatable bonds is 5. The number of hydrogen-bond acceptors (Lipinski definition) is 7. The number of aryl methyl sites for hydroxylation is 2. The molecule has 1 amide bonds. The fourth-order valence-corrected chi connectivity index (χ4v) is 6.13. The van der Waals surface area contributed by atoms with Gasteiger partial charge in [-0.1, -0.05) is 0 Å². The van der Waals surface area contributed by atoms with E-state index in [0.717, 1.165) is 37.3 Å². The minimum absolute atomic E-state index is 0.265. The summed E-state index contributed by atoms with van der Waals surface area (Å²) in [6.45, 7) is 6.07. The summed E-state index contributed by atoms with van der Waals surface area (Å²) < 4.78 is 26.9. The molecule has 1 aromatic heterocycles. The summed E-state index contributed by atoms with van der Waals surface area (Å²) in [6, 6.07) is 6.90. The average molecular weight is 456 g/mol. The van der Waals surface area contributed by atoms with E-state index in [1.807, 2.05) is 6.92 Å². The van der Waals surface area contributed by atoms with Crippen LogP contribution in [-0.2, 0) is 14.5 Å². The van der Waals surface area contributed by atoms with Crippen LogP contribution in [0.1, 0.15) is 47.6 Å². The first-order valence-electron chi connectivity index (χ1n) is 11.1. The topological polar surface area (TPSA) is 108 Å². The van der Waals surface area contributed by atoms with Gasteiger partial charge in [0, 0.05) is 29.7 Å². The second kappa shape index (κ2) is 7.81. The van der Waals surface area contributed by atoms with Crippen molar-refractivity contribution in [3.63, 3.8) is 0 Å². The molecule has 3 fully saturated rings. The highest BCUT2D eigenvalue weighted by Gasteiger charge is 2.44. The number of benzene rings is 1. The van der Waals surface area contributed by atoms with Crippen LogP contribution >= 0.6 is 0 Å². The molecule has 9 heteroatoms. The van der Waals surface area contributed by atoms with Crippen molar-refractivity contribution in [1.29, 1.82) is 4.78 Å². The number of piperidine rings is 1. The number of ether oxygens (including phenoxy) is 1. The van der Waals surface area contributed by atoms with Crippen molar-refractivity contribution in [2.24, 2.45) is 5.41 Å². The number of carbonyl (C=O) groups is 1. The normalized spacial score (nSPS) is 21.6. The number of anilines is 2. The average Bonchev–Trinajstić information content (AvgIpc) is 3.44. The van der Waals surface area contributed by atoms with Crippen LogP contribution in [-0.4, -0.2) is 51.6 Å². The highest BCUT2D eigenvalue weighted by molar-refractivity contribution is 7.93. The van der Waals surface area contributed by atoms with Crippen molar-refractivity contribution in [2.75, 3.05) is 36.5 Å². The lowest BCUT2D eigenvalue weighted by Gasteiger charge is -2.35. The van der Waals surface area contributed by atoms with Gasteiger partial charge in [-0.05, 0) is 63.1 Å². The standard InChI is InChI=1S/C23H29N5O3S/c1-15-11-21(26-16(2)25-15)27-22(29)19-4-3-17(32(24,30)18-13-31-14-18)12-20(19)28-9-7-23(5-6-23)8-10-28/h3-4,11-12,18,24H,5-10,13-14H2,1-2H3,(H,25,26,27,29). The number of nitrogens with zero attached hydrogens (tertiary/aromatic N) is 3. The van der Waals surface area contributed by atoms with E-state index in [4.69, 9.17) is 9.52 Å². The first kappa shape index (κ1) is 21.3. The third-order valence-electron chi connectivity index (χ3n) is 6.97. The summed E-state index contributed by atoms with van der Waals surface area (Å²) in [4.78, 5) is 24.5. The number of hydrogen-bond donors (Lipinski definition) is 2. The molecule has 2 N–H and O–H groups in total. The van der Waals surface area contributed by atoms with Crippen LogP contribution in [0.5, 0.6) is 0 Å². The fourth-order valence-electron chi connectivity index (χ4n) is 4.62. The van der Waals surface area contributed by atoms with E-state index in [9.17, 15) is 9.00 Å². The van der Waals surface area contributed by atoms with E-state index in [1.165, 1.54) is 12.8 Å². The summed E-state index contributed by atoms with van der Waals surface area (Å²) >= 11 is 0. The van der Waals surface area contributed by atoms with Crippen LogP contribution in [0.25, 0.3) is 0 Å². The number of carbonyl (C=O) groups excluding carboxylic acids is 1. The van der Waals surface area contributed by atoms with Crippen LogP contribution in [0.2, 0.25) is 0 Å². The molecule has 1 aliphatic carbocycles.